The predicted molar refractivity (Wildman–Crippen MR) is 57.3 cm³/mol. The van der Waals surface area contributed by atoms with Gasteiger partial charge in [-0.1, -0.05) is 25.4 Å². The van der Waals surface area contributed by atoms with Gasteiger partial charge >= 0.3 is 0 Å². The Labute approximate surface area is 88.7 Å². The van der Waals surface area contributed by atoms with Crippen LogP contribution in [0.5, 0.6) is 0 Å². The Morgan fingerprint density at radius 3 is 2.86 bits per heavy atom. The van der Waals surface area contributed by atoms with Crippen molar-refractivity contribution in [2.45, 2.75) is 13.8 Å². The van der Waals surface area contributed by atoms with Gasteiger partial charge in [-0.05, 0) is 18.1 Å². The summed E-state index contributed by atoms with van der Waals surface area (Å²) in [6, 6.07) is 5.39. The molecule has 0 atom stereocenters. The third-order valence-electron chi connectivity index (χ3n) is 1.64. The highest BCUT2D eigenvalue weighted by Gasteiger charge is 2.02. The van der Waals surface area contributed by atoms with Crippen LogP contribution in [0.25, 0.3) is 0 Å². The summed E-state index contributed by atoms with van der Waals surface area (Å²) in [6.07, 6.45) is 0. The molecule has 1 rings (SSSR count). The van der Waals surface area contributed by atoms with Crippen molar-refractivity contribution in [1.29, 1.82) is 5.26 Å². The summed E-state index contributed by atoms with van der Waals surface area (Å²) in [7, 11) is 0. The van der Waals surface area contributed by atoms with Crippen molar-refractivity contribution in [2.75, 3.05) is 11.9 Å². The van der Waals surface area contributed by atoms with E-state index >= 15 is 0 Å². The highest BCUT2D eigenvalue weighted by Crippen LogP contribution is 2.15. The summed E-state index contributed by atoms with van der Waals surface area (Å²) in [4.78, 5) is 4.06. The van der Waals surface area contributed by atoms with Gasteiger partial charge in [0.15, 0.2) is 5.69 Å². The Balaban J connectivity index is 2.76. The molecule has 0 radical (unpaired) electrons. The van der Waals surface area contributed by atoms with Crippen molar-refractivity contribution in [3.8, 4) is 6.07 Å². The van der Waals surface area contributed by atoms with Crippen molar-refractivity contribution < 1.29 is 0 Å². The van der Waals surface area contributed by atoms with Gasteiger partial charge in [0.05, 0.1) is 5.02 Å². The number of anilines is 1. The van der Waals surface area contributed by atoms with Crippen molar-refractivity contribution in [2.24, 2.45) is 5.92 Å². The lowest BCUT2D eigenvalue weighted by molar-refractivity contribution is 0.687. The van der Waals surface area contributed by atoms with Gasteiger partial charge in [0.25, 0.3) is 0 Å². The van der Waals surface area contributed by atoms with E-state index in [9.17, 15) is 0 Å². The summed E-state index contributed by atoms with van der Waals surface area (Å²) in [5.74, 6) is 1.23. The summed E-state index contributed by atoms with van der Waals surface area (Å²) in [5.41, 5.74) is 0.264. The normalized spacial score (nSPS) is 9.93. The molecule has 0 saturated heterocycles. The minimum absolute atomic E-state index is 0.264. The Kier molecular flexibility index (Phi) is 3.73. The van der Waals surface area contributed by atoms with Crippen LogP contribution in [0.2, 0.25) is 5.02 Å². The monoisotopic (exact) mass is 209 g/mol. The zero-order valence-corrected chi connectivity index (χ0v) is 8.97. The lowest BCUT2D eigenvalue weighted by Crippen LogP contribution is -2.09. The largest absolute Gasteiger partial charge is 0.370 e. The number of nitrogens with zero attached hydrogens (tertiary/aromatic N) is 2. The third kappa shape index (κ3) is 2.90. The smallest absolute Gasteiger partial charge is 0.161 e. The maximum absolute atomic E-state index is 8.70. The molecule has 74 valence electrons. The van der Waals surface area contributed by atoms with Crippen LogP contribution in [0.1, 0.15) is 19.5 Å². The zero-order valence-electron chi connectivity index (χ0n) is 8.21. The van der Waals surface area contributed by atoms with Gasteiger partial charge in [-0.25, -0.2) is 4.98 Å². The second-order valence-corrected chi connectivity index (χ2v) is 3.82. The fraction of sp³-hybridized carbons (Fsp3) is 0.400. The summed E-state index contributed by atoms with van der Waals surface area (Å²) in [6.45, 7) is 5.04. The van der Waals surface area contributed by atoms with Crippen molar-refractivity contribution >= 4 is 17.4 Å². The van der Waals surface area contributed by atoms with E-state index in [0.29, 0.717) is 16.8 Å². The van der Waals surface area contributed by atoms with Gasteiger partial charge in [0.2, 0.25) is 0 Å². The maximum Gasteiger partial charge on any atom is 0.161 e. The summed E-state index contributed by atoms with van der Waals surface area (Å²) < 4.78 is 0. The topological polar surface area (TPSA) is 48.7 Å². The molecule has 0 aliphatic rings. The molecule has 0 fully saturated rings. The molecule has 0 amide bonds. The molecule has 14 heavy (non-hydrogen) atoms. The fourth-order valence-corrected chi connectivity index (χ4v) is 1.08. The van der Waals surface area contributed by atoms with Crippen LogP contribution in [0.4, 0.5) is 5.82 Å². The maximum atomic E-state index is 8.70. The summed E-state index contributed by atoms with van der Waals surface area (Å²) >= 11 is 5.75. The summed E-state index contributed by atoms with van der Waals surface area (Å²) in [5, 5.41) is 12.2. The Bertz CT molecular complexity index is 355. The number of hydrogen-bond acceptors (Lipinski definition) is 3. The molecular weight excluding hydrogens is 198 g/mol. The van der Waals surface area contributed by atoms with Crippen LogP contribution in [-0.2, 0) is 0 Å². The van der Waals surface area contributed by atoms with E-state index in [2.05, 4.69) is 24.1 Å². The van der Waals surface area contributed by atoms with E-state index in [1.54, 1.807) is 12.1 Å². The molecule has 0 aliphatic heterocycles. The van der Waals surface area contributed by atoms with E-state index in [4.69, 9.17) is 16.9 Å². The van der Waals surface area contributed by atoms with Crippen LogP contribution in [0, 0.1) is 17.2 Å². The first-order chi connectivity index (χ1) is 6.63. The van der Waals surface area contributed by atoms with E-state index < -0.39 is 0 Å². The molecule has 3 nitrogen and oxygen atoms in total. The molecule has 0 bridgehead atoms. The number of hydrogen-bond donors (Lipinski definition) is 1. The molecule has 1 aromatic heterocycles. The van der Waals surface area contributed by atoms with Gasteiger partial charge in [-0.15, -0.1) is 0 Å². The minimum Gasteiger partial charge on any atom is -0.370 e. The molecule has 1 N–H and O–H groups in total. The first kappa shape index (κ1) is 10.8. The highest BCUT2D eigenvalue weighted by molar-refractivity contribution is 6.31. The predicted octanol–water partition coefficient (Wildman–Crippen LogP) is 2.67. The molecule has 0 aromatic carbocycles. The van der Waals surface area contributed by atoms with Crippen molar-refractivity contribution in [1.82, 2.24) is 4.98 Å². The van der Waals surface area contributed by atoms with Crippen LogP contribution >= 0.6 is 11.6 Å². The Hall–Kier alpha value is -1.27. The van der Waals surface area contributed by atoms with Crippen LogP contribution in [0.3, 0.4) is 0 Å². The van der Waals surface area contributed by atoms with E-state index in [-0.39, 0.29) is 5.69 Å². The average Bonchev–Trinajstić information content (AvgIpc) is 2.16. The van der Waals surface area contributed by atoms with Gasteiger partial charge in [0, 0.05) is 6.54 Å². The molecule has 0 saturated carbocycles. The highest BCUT2D eigenvalue weighted by atomic mass is 35.5. The number of nitrogens with one attached hydrogen (secondary N) is 1. The first-order valence-electron chi connectivity index (χ1n) is 4.44. The molecule has 0 spiro atoms. The average molecular weight is 210 g/mol. The second kappa shape index (κ2) is 4.83. The van der Waals surface area contributed by atoms with E-state index in [0.717, 1.165) is 6.54 Å². The van der Waals surface area contributed by atoms with Gasteiger partial charge < -0.3 is 5.32 Å². The first-order valence-corrected chi connectivity index (χ1v) is 4.81. The van der Waals surface area contributed by atoms with E-state index in [1.807, 2.05) is 6.07 Å². The second-order valence-electron chi connectivity index (χ2n) is 3.41. The Morgan fingerprint density at radius 1 is 1.57 bits per heavy atom. The number of halogens is 1. The molecular formula is C10H12ClN3. The molecule has 0 unspecified atom stereocenters. The zero-order chi connectivity index (χ0) is 10.6. The third-order valence-corrected chi connectivity index (χ3v) is 1.95. The molecule has 1 aromatic rings. The van der Waals surface area contributed by atoms with Crippen molar-refractivity contribution in [3.05, 3.63) is 22.8 Å². The van der Waals surface area contributed by atoms with E-state index in [1.165, 1.54) is 0 Å². The fourth-order valence-electron chi connectivity index (χ4n) is 0.928. The molecule has 4 heteroatoms. The lowest BCUT2D eigenvalue weighted by Gasteiger charge is -2.08. The number of aromatic nitrogens is 1. The minimum atomic E-state index is 0.264. The number of pyridine rings is 1. The van der Waals surface area contributed by atoms with Crippen molar-refractivity contribution in [3.63, 3.8) is 0 Å². The Morgan fingerprint density at radius 2 is 2.29 bits per heavy atom. The van der Waals surface area contributed by atoms with Crippen LogP contribution in [0.15, 0.2) is 12.1 Å². The van der Waals surface area contributed by atoms with Gasteiger partial charge in [-0.3, -0.25) is 0 Å². The standard InChI is InChI=1S/C10H12ClN3/c1-7(2)6-13-10-4-3-8(11)9(5-12)14-10/h3-4,7H,6H2,1-2H3,(H,13,14). The number of nitriles is 1. The van der Waals surface area contributed by atoms with Crippen LogP contribution < -0.4 is 5.32 Å². The molecule has 0 aliphatic carbocycles. The quantitative estimate of drug-likeness (QED) is 0.833. The SMILES string of the molecule is CC(C)CNc1ccc(Cl)c(C#N)n1. The van der Waals surface area contributed by atoms with Gasteiger partial charge in [-0.2, -0.15) is 5.26 Å². The number of rotatable bonds is 3. The molecule has 1 heterocycles. The lowest BCUT2D eigenvalue weighted by atomic mass is 10.2. The van der Waals surface area contributed by atoms with Crippen LogP contribution in [-0.4, -0.2) is 11.5 Å². The van der Waals surface area contributed by atoms with Gasteiger partial charge in [0.1, 0.15) is 11.9 Å².